The summed E-state index contributed by atoms with van der Waals surface area (Å²) in [5, 5.41) is 19.4. The van der Waals surface area contributed by atoms with Gasteiger partial charge in [-0.05, 0) is 28.6 Å². The van der Waals surface area contributed by atoms with E-state index < -0.39 is 12.1 Å². The first-order valence-electron chi connectivity index (χ1n) is 10.5. The highest BCUT2D eigenvalue weighted by Gasteiger charge is 2.33. The minimum atomic E-state index is -4.92. The lowest BCUT2D eigenvalue weighted by atomic mass is 10.1. The fourth-order valence-electron chi connectivity index (χ4n) is 3.00. The van der Waals surface area contributed by atoms with Crippen LogP contribution in [-0.2, 0) is 23.3 Å². The number of benzene rings is 2. The van der Waals surface area contributed by atoms with Crippen molar-refractivity contribution >= 4 is 28.6 Å². The number of alkyl halides is 3. The number of aromatic nitrogens is 5. The summed E-state index contributed by atoms with van der Waals surface area (Å²) in [7, 11) is 1.48. The zero-order valence-corrected chi connectivity index (χ0v) is 19.9. The molecule has 2 heterocycles. The van der Waals surface area contributed by atoms with Crippen LogP contribution in [0.25, 0.3) is 11.4 Å². The van der Waals surface area contributed by atoms with Crippen molar-refractivity contribution in [1.29, 1.82) is 0 Å². The Balaban J connectivity index is 1.36. The number of anilines is 1. The fourth-order valence-corrected chi connectivity index (χ4v) is 3.71. The number of oxime groups is 1. The number of amides is 1. The fraction of sp³-hybridized carbons (Fsp3) is 0.182. The average molecular weight is 533 g/mol. The summed E-state index contributed by atoms with van der Waals surface area (Å²) in [6, 6.07) is 12.9. The molecule has 0 aliphatic carbocycles. The van der Waals surface area contributed by atoms with E-state index in [9.17, 15) is 18.0 Å². The second-order valence-corrected chi connectivity index (χ2v) is 8.05. The van der Waals surface area contributed by atoms with Gasteiger partial charge in [0.25, 0.3) is 5.91 Å². The highest BCUT2D eigenvalue weighted by Crippen LogP contribution is 2.34. The molecule has 0 saturated heterocycles. The SMILES string of the molecule is Cn1nnnc1-c1c(C=NOCc2csc(NC(=O)COc3ccccc3)n2)cccc1OC(F)(F)F. The molecule has 192 valence electrons. The maximum Gasteiger partial charge on any atom is 0.573 e. The molecule has 0 aliphatic rings. The van der Waals surface area contributed by atoms with Gasteiger partial charge in [-0.15, -0.1) is 29.6 Å². The second-order valence-electron chi connectivity index (χ2n) is 7.20. The Morgan fingerprint density at radius 1 is 1.19 bits per heavy atom. The Labute approximate surface area is 211 Å². The molecule has 0 spiro atoms. The monoisotopic (exact) mass is 533 g/mol. The van der Waals surface area contributed by atoms with Crippen LogP contribution in [0.15, 0.2) is 59.1 Å². The third-order valence-corrected chi connectivity index (χ3v) is 5.32. The van der Waals surface area contributed by atoms with Gasteiger partial charge in [0, 0.05) is 18.0 Å². The number of carbonyl (C=O) groups is 1. The molecule has 0 aliphatic heterocycles. The van der Waals surface area contributed by atoms with E-state index in [-0.39, 0.29) is 36.1 Å². The third kappa shape index (κ3) is 7.23. The van der Waals surface area contributed by atoms with Crippen molar-refractivity contribution in [2.75, 3.05) is 11.9 Å². The molecule has 0 saturated carbocycles. The number of halogens is 3. The maximum absolute atomic E-state index is 12.9. The molecule has 0 fully saturated rings. The number of hydrogen-bond acceptors (Lipinski definition) is 10. The van der Waals surface area contributed by atoms with Gasteiger partial charge in [0.05, 0.1) is 17.5 Å². The lowest BCUT2D eigenvalue weighted by Crippen LogP contribution is -2.20. The van der Waals surface area contributed by atoms with Crippen molar-refractivity contribution in [3.8, 4) is 22.9 Å². The Hall–Kier alpha value is -4.53. The zero-order valence-electron chi connectivity index (χ0n) is 19.0. The van der Waals surface area contributed by atoms with Gasteiger partial charge in [-0.25, -0.2) is 9.67 Å². The molecule has 15 heteroatoms. The molecule has 0 radical (unpaired) electrons. The van der Waals surface area contributed by atoms with Crippen LogP contribution in [0, 0.1) is 0 Å². The summed E-state index contributed by atoms with van der Waals surface area (Å²) in [5.41, 5.74) is 0.689. The summed E-state index contributed by atoms with van der Waals surface area (Å²) in [6.07, 6.45) is -3.71. The Morgan fingerprint density at radius 3 is 2.73 bits per heavy atom. The number of tetrazole rings is 1. The second kappa shape index (κ2) is 11.5. The Kier molecular flexibility index (Phi) is 7.92. The highest BCUT2D eigenvalue weighted by atomic mass is 32.1. The molecular weight excluding hydrogens is 515 g/mol. The quantitative estimate of drug-likeness (QED) is 0.241. The van der Waals surface area contributed by atoms with Crippen molar-refractivity contribution in [2.45, 2.75) is 13.0 Å². The summed E-state index contributed by atoms with van der Waals surface area (Å²) in [5.74, 6) is -0.267. The van der Waals surface area contributed by atoms with E-state index >= 15 is 0 Å². The topological polar surface area (TPSA) is 126 Å². The third-order valence-electron chi connectivity index (χ3n) is 4.52. The number of hydrogen-bond donors (Lipinski definition) is 1. The minimum Gasteiger partial charge on any atom is -0.484 e. The molecule has 2 aromatic heterocycles. The highest BCUT2D eigenvalue weighted by molar-refractivity contribution is 7.13. The van der Waals surface area contributed by atoms with Crippen molar-refractivity contribution in [3.63, 3.8) is 0 Å². The summed E-state index contributed by atoms with van der Waals surface area (Å²) >= 11 is 1.19. The molecular formula is C22H18F3N7O4S. The van der Waals surface area contributed by atoms with Crippen molar-refractivity contribution in [3.05, 3.63) is 65.2 Å². The van der Waals surface area contributed by atoms with E-state index in [2.05, 4.69) is 35.7 Å². The summed E-state index contributed by atoms with van der Waals surface area (Å²) in [6.45, 7) is -0.233. The van der Waals surface area contributed by atoms with E-state index in [1.54, 1.807) is 29.6 Å². The largest absolute Gasteiger partial charge is 0.573 e. The van der Waals surface area contributed by atoms with Crippen LogP contribution in [0.4, 0.5) is 18.3 Å². The van der Waals surface area contributed by atoms with Gasteiger partial charge < -0.3 is 14.3 Å². The van der Waals surface area contributed by atoms with Crippen LogP contribution in [0.3, 0.4) is 0 Å². The van der Waals surface area contributed by atoms with E-state index in [0.717, 1.165) is 6.07 Å². The zero-order chi connectivity index (χ0) is 26.3. The van der Waals surface area contributed by atoms with Gasteiger partial charge in [0.1, 0.15) is 11.5 Å². The van der Waals surface area contributed by atoms with Crippen LogP contribution in [-0.4, -0.2) is 50.3 Å². The van der Waals surface area contributed by atoms with Crippen LogP contribution >= 0.6 is 11.3 Å². The number of aryl methyl sites for hydroxylation is 1. The van der Waals surface area contributed by atoms with E-state index in [4.69, 9.17) is 9.57 Å². The Morgan fingerprint density at radius 2 is 2.00 bits per heavy atom. The number of nitrogens with one attached hydrogen (secondary N) is 1. The van der Waals surface area contributed by atoms with E-state index in [1.165, 1.54) is 41.4 Å². The van der Waals surface area contributed by atoms with Gasteiger partial charge in [0.15, 0.2) is 24.2 Å². The number of ether oxygens (including phenoxy) is 2. The first kappa shape index (κ1) is 25.6. The van der Waals surface area contributed by atoms with Gasteiger partial charge in [0.2, 0.25) is 0 Å². The molecule has 0 atom stereocenters. The number of para-hydroxylation sites is 1. The molecule has 2 aromatic carbocycles. The smallest absolute Gasteiger partial charge is 0.484 e. The van der Waals surface area contributed by atoms with Crippen molar-refractivity contribution < 1.29 is 32.3 Å². The van der Waals surface area contributed by atoms with Crippen LogP contribution in [0.1, 0.15) is 11.3 Å². The molecule has 4 aromatic rings. The molecule has 0 bridgehead atoms. The van der Waals surface area contributed by atoms with Crippen molar-refractivity contribution in [2.24, 2.45) is 12.2 Å². The van der Waals surface area contributed by atoms with Gasteiger partial charge in [-0.3, -0.25) is 10.1 Å². The van der Waals surface area contributed by atoms with E-state index in [1.807, 2.05) is 6.07 Å². The normalized spacial score (nSPS) is 11.5. The molecule has 37 heavy (non-hydrogen) atoms. The van der Waals surface area contributed by atoms with Crippen LogP contribution < -0.4 is 14.8 Å². The van der Waals surface area contributed by atoms with Gasteiger partial charge in [-0.1, -0.05) is 35.5 Å². The molecule has 1 amide bonds. The van der Waals surface area contributed by atoms with Gasteiger partial charge >= 0.3 is 6.36 Å². The first-order valence-corrected chi connectivity index (χ1v) is 11.4. The average Bonchev–Trinajstić information content (AvgIpc) is 3.49. The summed E-state index contributed by atoms with van der Waals surface area (Å²) in [4.78, 5) is 21.5. The summed E-state index contributed by atoms with van der Waals surface area (Å²) < 4.78 is 49.5. The predicted octanol–water partition coefficient (Wildman–Crippen LogP) is 3.80. The molecule has 1 N–H and O–H groups in total. The molecule has 0 unspecified atom stereocenters. The van der Waals surface area contributed by atoms with Crippen LogP contribution in [0.2, 0.25) is 0 Å². The standard InChI is InChI=1S/C22H18F3N7O4S/c1-32-20(29-30-31-32)19-14(6-5-9-17(19)36-22(23,24)25)10-26-35-11-15-13-37-21(27-15)28-18(33)12-34-16-7-3-2-4-8-16/h2-10,13H,11-12H2,1H3,(H,27,28,33). The van der Waals surface area contributed by atoms with Crippen LogP contribution in [0.5, 0.6) is 11.5 Å². The predicted molar refractivity (Wildman–Crippen MR) is 126 cm³/mol. The van der Waals surface area contributed by atoms with E-state index in [0.29, 0.717) is 16.6 Å². The molecule has 11 nitrogen and oxygen atoms in total. The number of carbonyl (C=O) groups excluding carboxylic acids is 1. The number of thiazole rings is 1. The lowest BCUT2D eigenvalue weighted by molar-refractivity contribution is -0.274. The minimum absolute atomic E-state index is 0.0175. The maximum atomic E-state index is 12.9. The lowest BCUT2D eigenvalue weighted by Gasteiger charge is -2.14. The first-order chi connectivity index (χ1) is 17.8. The van der Waals surface area contributed by atoms with Gasteiger partial charge in [-0.2, -0.15) is 0 Å². The Bertz CT molecular complexity index is 1380. The molecule has 4 rings (SSSR count). The van der Waals surface area contributed by atoms with Crippen molar-refractivity contribution in [1.82, 2.24) is 25.2 Å². The number of nitrogens with zero attached hydrogens (tertiary/aromatic N) is 6. The number of rotatable bonds is 10.